The maximum absolute atomic E-state index is 13.4. The van der Waals surface area contributed by atoms with E-state index in [-0.39, 0.29) is 17.9 Å². The standard InChI is InChI=1S/C13H10F2NO/c14-9-3-1-4-10(7-9)17-13-6-2-5-12(15)11(13)8-16/h1,3-7H,8,16H2. The SMILES string of the molecule is NCc1c(F)c[c]cc1Oc1cccc(F)c1. The first-order valence-corrected chi connectivity index (χ1v) is 5.02. The zero-order valence-corrected chi connectivity index (χ0v) is 8.91. The van der Waals surface area contributed by atoms with E-state index in [1.807, 2.05) is 0 Å². The van der Waals surface area contributed by atoms with Gasteiger partial charge in [-0.2, -0.15) is 0 Å². The third kappa shape index (κ3) is 2.60. The molecule has 0 aliphatic carbocycles. The highest BCUT2D eigenvalue weighted by Crippen LogP contribution is 2.26. The molecule has 0 fully saturated rings. The van der Waals surface area contributed by atoms with E-state index >= 15 is 0 Å². The van der Waals surface area contributed by atoms with Gasteiger partial charge in [-0.15, -0.1) is 0 Å². The third-order valence-electron chi connectivity index (χ3n) is 2.24. The normalized spacial score (nSPS) is 10.3. The summed E-state index contributed by atoms with van der Waals surface area (Å²) in [5, 5.41) is 0. The van der Waals surface area contributed by atoms with Gasteiger partial charge in [-0.25, -0.2) is 8.78 Å². The van der Waals surface area contributed by atoms with Crippen molar-refractivity contribution >= 4 is 0 Å². The zero-order chi connectivity index (χ0) is 12.3. The summed E-state index contributed by atoms with van der Waals surface area (Å²) in [5.74, 6) is -0.365. The number of nitrogens with two attached hydrogens (primary N) is 1. The Morgan fingerprint density at radius 1 is 1.24 bits per heavy atom. The van der Waals surface area contributed by atoms with Crippen molar-refractivity contribution in [1.29, 1.82) is 0 Å². The Balaban J connectivity index is 2.33. The van der Waals surface area contributed by atoms with Crippen LogP contribution < -0.4 is 10.5 Å². The van der Waals surface area contributed by atoms with E-state index in [2.05, 4.69) is 6.07 Å². The molecule has 2 aromatic carbocycles. The maximum Gasteiger partial charge on any atom is 0.135 e. The van der Waals surface area contributed by atoms with E-state index < -0.39 is 11.6 Å². The van der Waals surface area contributed by atoms with Crippen LogP contribution in [0.5, 0.6) is 11.5 Å². The third-order valence-corrected chi connectivity index (χ3v) is 2.24. The topological polar surface area (TPSA) is 35.2 Å². The highest BCUT2D eigenvalue weighted by atomic mass is 19.1. The molecule has 0 heterocycles. The molecule has 0 aliphatic rings. The number of hydrogen-bond acceptors (Lipinski definition) is 2. The van der Waals surface area contributed by atoms with Crippen LogP contribution in [0, 0.1) is 17.7 Å². The van der Waals surface area contributed by atoms with Gasteiger partial charge in [0.15, 0.2) is 0 Å². The molecule has 0 bridgehead atoms. The minimum Gasteiger partial charge on any atom is -0.457 e. The van der Waals surface area contributed by atoms with Crippen LogP contribution in [0.2, 0.25) is 0 Å². The second kappa shape index (κ2) is 4.93. The zero-order valence-electron chi connectivity index (χ0n) is 8.91. The molecule has 2 rings (SSSR count). The molecule has 0 unspecified atom stereocenters. The lowest BCUT2D eigenvalue weighted by atomic mass is 10.2. The molecule has 87 valence electrons. The molecule has 17 heavy (non-hydrogen) atoms. The summed E-state index contributed by atoms with van der Waals surface area (Å²) in [6, 6.07) is 10.8. The van der Waals surface area contributed by atoms with Crippen molar-refractivity contribution < 1.29 is 13.5 Å². The number of halogens is 2. The first-order chi connectivity index (χ1) is 8.20. The highest BCUT2D eigenvalue weighted by Gasteiger charge is 2.09. The van der Waals surface area contributed by atoms with Crippen molar-refractivity contribution in [3.05, 3.63) is 59.7 Å². The van der Waals surface area contributed by atoms with Crippen molar-refractivity contribution in [1.82, 2.24) is 0 Å². The molecule has 2 N–H and O–H groups in total. The first-order valence-electron chi connectivity index (χ1n) is 5.02. The van der Waals surface area contributed by atoms with Crippen LogP contribution >= 0.6 is 0 Å². The molecule has 0 saturated heterocycles. The molecule has 4 heteroatoms. The summed E-state index contributed by atoms with van der Waals surface area (Å²) in [5.41, 5.74) is 5.67. The lowest BCUT2D eigenvalue weighted by Gasteiger charge is -2.10. The summed E-state index contributed by atoms with van der Waals surface area (Å²) in [7, 11) is 0. The van der Waals surface area contributed by atoms with Crippen molar-refractivity contribution in [3.63, 3.8) is 0 Å². The van der Waals surface area contributed by atoms with E-state index in [1.165, 1.54) is 30.3 Å². The van der Waals surface area contributed by atoms with Crippen LogP contribution in [-0.2, 0) is 6.54 Å². The van der Waals surface area contributed by atoms with Gasteiger partial charge in [0.05, 0.1) is 0 Å². The molecule has 1 radical (unpaired) electrons. The second-order valence-electron chi connectivity index (χ2n) is 3.41. The molecule has 0 spiro atoms. The average molecular weight is 234 g/mol. The van der Waals surface area contributed by atoms with Crippen molar-refractivity contribution in [2.45, 2.75) is 6.54 Å². The largest absolute Gasteiger partial charge is 0.457 e. The van der Waals surface area contributed by atoms with E-state index in [1.54, 1.807) is 6.07 Å². The van der Waals surface area contributed by atoms with Crippen LogP contribution in [0.4, 0.5) is 8.78 Å². The number of rotatable bonds is 3. The van der Waals surface area contributed by atoms with Gasteiger partial charge in [-0.05, 0) is 30.3 Å². The molecule has 0 aliphatic heterocycles. The smallest absolute Gasteiger partial charge is 0.135 e. The second-order valence-corrected chi connectivity index (χ2v) is 3.41. The lowest BCUT2D eigenvalue weighted by molar-refractivity contribution is 0.462. The molecule has 0 amide bonds. The van der Waals surface area contributed by atoms with Gasteiger partial charge < -0.3 is 10.5 Å². The van der Waals surface area contributed by atoms with Crippen LogP contribution in [0.1, 0.15) is 5.56 Å². The highest BCUT2D eigenvalue weighted by molar-refractivity contribution is 5.38. The Morgan fingerprint density at radius 2 is 2.06 bits per heavy atom. The Bertz CT molecular complexity index is 529. The van der Waals surface area contributed by atoms with Crippen molar-refractivity contribution in [2.75, 3.05) is 0 Å². The summed E-state index contributed by atoms with van der Waals surface area (Å²) >= 11 is 0. The molecular weight excluding hydrogens is 224 g/mol. The fraction of sp³-hybridized carbons (Fsp3) is 0.0769. The number of ether oxygens (including phenoxy) is 1. The van der Waals surface area contributed by atoms with E-state index in [9.17, 15) is 8.78 Å². The van der Waals surface area contributed by atoms with Gasteiger partial charge in [0.1, 0.15) is 23.1 Å². The Labute approximate surface area is 97.6 Å². The lowest BCUT2D eigenvalue weighted by Crippen LogP contribution is -2.02. The van der Waals surface area contributed by atoms with E-state index in [4.69, 9.17) is 10.5 Å². The predicted octanol–water partition coefficient (Wildman–Crippen LogP) is 3.02. The summed E-state index contributed by atoms with van der Waals surface area (Å²) in [6.45, 7) is 0.00512. The van der Waals surface area contributed by atoms with E-state index in [0.29, 0.717) is 5.75 Å². The van der Waals surface area contributed by atoms with Crippen LogP contribution in [0.25, 0.3) is 0 Å². The Morgan fingerprint density at radius 3 is 2.76 bits per heavy atom. The molecule has 0 atom stereocenters. The van der Waals surface area contributed by atoms with Gasteiger partial charge in [0.2, 0.25) is 0 Å². The first kappa shape index (κ1) is 11.5. The van der Waals surface area contributed by atoms with Crippen LogP contribution in [0.3, 0.4) is 0 Å². The predicted molar refractivity (Wildman–Crippen MR) is 59.6 cm³/mol. The molecule has 2 nitrogen and oxygen atoms in total. The van der Waals surface area contributed by atoms with Crippen LogP contribution in [-0.4, -0.2) is 0 Å². The minimum absolute atomic E-state index is 0.00512. The van der Waals surface area contributed by atoms with Crippen molar-refractivity contribution in [2.24, 2.45) is 5.73 Å². The average Bonchev–Trinajstić information content (AvgIpc) is 2.29. The summed E-state index contributed by atoms with van der Waals surface area (Å²) in [4.78, 5) is 0. The van der Waals surface area contributed by atoms with Gasteiger partial charge in [-0.3, -0.25) is 0 Å². The maximum atomic E-state index is 13.4. The van der Waals surface area contributed by atoms with E-state index in [0.717, 1.165) is 0 Å². The van der Waals surface area contributed by atoms with Crippen LogP contribution in [0.15, 0.2) is 36.4 Å². The molecule has 0 aromatic heterocycles. The molecule has 0 saturated carbocycles. The minimum atomic E-state index is -0.485. The molecule has 2 aromatic rings. The van der Waals surface area contributed by atoms with Gasteiger partial charge >= 0.3 is 0 Å². The van der Waals surface area contributed by atoms with Gasteiger partial charge in [0.25, 0.3) is 0 Å². The van der Waals surface area contributed by atoms with Gasteiger partial charge in [0, 0.05) is 18.2 Å². The Hall–Kier alpha value is -1.94. The fourth-order valence-corrected chi connectivity index (χ4v) is 1.43. The van der Waals surface area contributed by atoms with Crippen molar-refractivity contribution in [3.8, 4) is 11.5 Å². The quantitative estimate of drug-likeness (QED) is 0.885. The number of hydrogen-bond donors (Lipinski definition) is 1. The molecular formula is C13H10F2NO. The monoisotopic (exact) mass is 234 g/mol. The Kier molecular flexibility index (Phi) is 3.35. The van der Waals surface area contributed by atoms with Gasteiger partial charge in [-0.1, -0.05) is 6.07 Å². The number of benzene rings is 2. The summed E-state index contributed by atoms with van der Waals surface area (Å²) in [6.07, 6.45) is 0. The summed E-state index contributed by atoms with van der Waals surface area (Å²) < 4.78 is 31.7. The fourth-order valence-electron chi connectivity index (χ4n) is 1.43.